The highest BCUT2D eigenvalue weighted by Gasteiger charge is 2.32. The van der Waals surface area contributed by atoms with Crippen LogP contribution in [-0.4, -0.2) is 25.6 Å². The normalized spacial score (nSPS) is 15.7. The summed E-state index contributed by atoms with van der Waals surface area (Å²) in [6, 6.07) is 4.35. The molecule has 0 aromatic carbocycles. The van der Waals surface area contributed by atoms with Crippen LogP contribution in [0.2, 0.25) is 0 Å². The van der Waals surface area contributed by atoms with Crippen LogP contribution < -0.4 is 0 Å². The first-order chi connectivity index (χ1) is 9.46. The van der Waals surface area contributed by atoms with Crippen molar-refractivity contribution in [3.63, 3.8) is 0 Å². The second-order valence-corrected chi connectivity index (χ2v) is 6.39. The zero-order valence-electron chi connectivity index (χ0n) is 11.8. The zero-order valence-corrected chi connectivity index (χ0v) is 11.8. The molecule has 1 fully saturated rings. The molecule has 5 nitrogen and oxygen atoms in total. The number of hydrogen-bond acceptors (Lipinski definition) is 3. The molecule has 1 aliphatic rings. The van der Waals surface area contributed by atoms with Gasteiger partial charge in [-0.15, -0.1) is 0 Å². The smallest absolute Gasteiger partial charge is 0.303 e. The molecular formula is C15H19N3O2. The number of aliphatic carboxylic acids is 1. The van der Waals surface area contributed by atoms with Crippen LogP contribution in [0.1, 0.15) is 45.0 Å². The van der Waals surface area contributed by atoms with Crippen LogP contribution in [0.4, 0.5) is 0 Å². The Morgan fingerprint density at radius 2 is 2.25 bits per heavy atom. The molecule has 0 atom stereocenters. The SMILES string of the molecule is CC(C)(CC(=O)O)Cc1nc2cccnc2n1C1CC1. The van der Waals surface area contributed by atoms with Gasteiger partial charge in [-0.25, -0.2) is 9.97 Å². The number of imidazole rings is 1. The Labute approximate surface area is 117 Å². The molecule has 0 unspecified atom stereocenters. The third kappa shape index (κ3) is 2.53. The van der Waals surface area contributed by atoms with Crippen LogP contribution >= 0.6 is 0 Å². The van der Waals surface area contributed by atoms with Gasteiger partial charge in [0.25, 0.3) is 0 Å². The highest BCUT2D eigenvalue weighted by atomic mass is 16.4. The number of pyridine rings is 1. The fraction of sp³-hybridized carbons (Fsp3) is 0.533. The summed E-state index contributed by atoms with van der Waals surface area (Å²) < 4.78 is 2.21. The first-order valence-electron chi connectivity index (χ1n) is 7.00. The molecule has 5 heteroatoms. The van der Waals surface area contributed by atoms with Crippen molar-refractivity contribution in [2.24, 2.45) is 5.41 Å². The Hall–Kier alpha value is -1.91. The molecule has 0 spiro atoms. The molecule has 106 valence electrons. The minimum Gasteiger partial charge on any atom is -0.481 e. The van der Waals surface area contributed by atoms with Gasteiger partial charge in [0.1, 0.15) is 11.3 Å². The van der Waals surface area contributed by atoms with Crippen molar-refractivity contribution in [1.29, 1.82) is 0 Å². The summed E-state index contributed by atoms with van der Waals surface area (Å²) in [7, 11) is 0. The van der Waals surface area contributed by atoms with Crippen molar-refractivity contribution in [2.75, 3.05) is 0 Å². The fourth-order valence-corrected chi connectivity index (χ4v) is 2.72. The van der Waals surface area contributed by atoms with Crippen molar-refractivity contribution in [3.8, 4) is 0 Å². The van der Waals surface area contributed by atoms with Gasteiger partial charge >= 0.3 is 5.97 Å². The first kappa shape index (κ1) is 13.1. The number of nitrogens with zero attached hydrogens (tertiary/aromatic N) is 3. The molecule has 3 rings (SSSR count). The molecule has 20 heavy (non-hydrogen) atoms. The van der Waals surface area contributed by atoms with Gasteiger partial charge in [-0.1, -0.05) is 13.8 Å². The summed E-state index contributed by atoms with van der Waals surface area (Å²) in [6.07, 6.45) is 4.91. The molecule has 0 bridgehead atoms. The number of rotatable bonds is 5. The van der Waals surface area contributed by atoms with E-state index < -0.39 is 5.97 Å². The van der Waals surface area contributed by atoms with E-state index in [1.54, 1.807) is 6.20 Å². The van der Waals surface area contributed by atoms with Gasteiger partial charge in [0.05, 0.1) is 6.42 Å². The molecular weight excluding hydrogens is 254 g/mol. The van der Waals surface area contributed by atoms with Crippen LogP contribution in [0, 0.1) is 5.41 Å². The number of fused-ring (bicyclic) bond motifs is 1. The van der Waals surface area contributed by atoms with Crippen molar-refractivity contribution in [2.45, 2.75) is 45.6 Å². The average molecular weight is 273 g/mol. The number of carboxylic acids is 1. The molecule has 0 radical (unpaired) electrons. The van der Waals surface area contributed by atoms with Gasteiger partial charge in [-0.3, -0.25) is 4.79 Å². The minimum absolute atomic E-state index is 0.147. The average Bonchev–Trinajstić information content (AvgIpc) is 3.09. The molecule has 0 saturated heterocycles. The van der Waals surface area contributed by atoms with Gasteiger partial charge in [0.15, 0.2) is 5.65 Å². The number of carboxylic acid groups (broad SMARTS) is 1. The van der Waals surface area contributed by atoms with Crippen molar-refractivity contribution < 1.29 is 9.90 Å². The van der Waals surface area contributed by atoms with Crippen LogP contribution in [0.15, 0.2) is 18.3 Å². The molecule has 2 heterocycles. The number of aromatic nitrogens is 3. The van der Waals surface area contributed by atoms with Crippen LogP contribution in [0.3, 0.4) is 0 Å². The van der Waals surface area contributed by atoms with Gasteiger partial charge < -0.3 is 9.67 Å². The van der Waals surface area contributed by atoms with E-state index in [1.165, 1.54) is 0 Å². The maximum absolute atomic E-state index is 11.0. The van der Waals surface area contributed by atoms with Crippen LogP contribution in [-0.2, 0) is 11.2 Å². The van der Waals surface area contributed by atoms with E-state index in [0.29, 0.717) is 12.5 Å². The van der Waals surface area contributed by atoms with Gasteiger partial charge in [0.2, 0.25) is 0 Å². The Bertz CT molecular complexity index is 656. The van der Waals surface area contributed by atoms with E-state index in [9.17, 15) is 4.79 Å². The van der Waals surface area contributed by atoms with Crippen molar-refractivity contribution in [3.05, 3.63) is 24.2 Å². The summed E-state index contributed by atoms with van der Waals surface area (Å²) >= 11 is 0. The Balaban J connectivity index is 1.98. The lowest BCUT2D eigenvalue weighted by Gasteiger charge is -2.22. The number of hydrogen-bond donors (Lipinski definition) is 1. The van der Waals surface area contributed by atoms with Crippen LogP contribution in [0.5, 0.6) is 0 Å². The predicted molar refractivity (Wildman–Crippen MR) is 75.5 cm³/mol. The molecule has 0 amide bonds. The van der Waals surface area contributed by atoms with Crippen molar-refractivity contribution in [1.82, 2.24) is 14.5 Å². The Morgan fingerprint density at radius 1 is 1.50 bits per heavy atom. The summed E-state index contributed by atoms with van der Waals surface area (Å²) in [4.78, 5) is 20.1. The van der Waals surface area contributed by atoms with Gasteiger partial charge in [-0.2, -0.15) is 0 Å². The second kappa shape index (κ2) is 4.58. The maximum atomic E-state index is 11.0. The van der Waals surface area contributed by atoms with E-state index >= 15 is 0 Å². The summed E-state index contributed by atoms with van der Waals surface area (Å²) in [6.45, 7) is 3.95. The quantitative estimate of drug-likeness (QED) is 0.909. The van der Waals surface area contributed by atoms with Crippen molar-refractivity contribution >= 4 is 17.1 Å². The second-order valence-electron chi connectivity index (χ2n) is 6.39. The highest BCUT2D eigenvalue weighted by molar-refractivity contribution is 5.71. The molecule has 1 saturated carbocycles. The molecule has 1 N–H and O–H groups in total. The first-order valence-corrected chi connectivity index (χ1v) is 7.00. The van der Waals surface area contributed by atoms with E-state index in [2.05, 4.69) is 14.5 Å². The molecule has 0 aliphatic heterocycles. The summed E-state index contributed by atoms with van der Waals surface area (Å²) in [5.74, 6) is 0.203. The third-order valence-electron chi connectivity index (χ3n) is 3.70. The third-order valence-corrected chi connectivity index (χ3v) is 3.70. The van der Waals surface area contributed by atoms with E-state index in [0.717, 1.165) is 29.8 Å². The van der Waals surface area contributed by atoms with Gasteiger partial charge in [0, 0.05) is 18.7 Å². The molecule has 2 aromatic heterocycles. The minimum atomic E-state index is -0.762. The fourth-order valence-electron chi connectivity index (χ4n) is 2.72. The van der Waals surface area contributed by atoms with Crippen LogP contribution in [0.25, 0.3) is 11.2 Å². The topological polar surface area (TPSA) is 68.0 Å². The largest absolute Gasteiger partial charge is 0.481 e. The van der Waals surface area contributed by atoms with E-state index in [-0.39, 0.29) is 11.8 Å². The number of carbonyl (C=O) groups is 1. The standard InChI is InChI=1S/C15H19N3O2/c1-15(2,9-13(19)20)8-12-17-11-4-3-7-16-14(11)18(12)10-5-6-10/h3-4,7,10H,5-6,8-9H2,1-2H3,(H,19,20). The Kier molecular flexibility index (Phi) is 3.00. The Morgan fingerprint density at radius 3 is 2.90 bits per heavy atom. The molecule has 1 aliphatic carbocycles. The van der Waals surface area contributed by atoms with E-state index in [4.69, 9.17) is 5.11 Å². The monoisotopic (exact) mass is 273 g/mol. The van der Waals surface area contributed by atoms with Gasteiger partial charge in [-0.05, 0) is 30.4 Å². The summed E-state index contributed by atoms with van der Waals surface area (Å²) in [5, 5.41) is 9.02. The zero-order chi connectivity index (χ0) is 14.3. The highest BCUT2D eigenvalue weighted by Crippen LogP contribution is 2.39. The predicted octanol–water partition coefficient (Wildman–Crippen LogP) is 2.81. The lowest BCUT2D eigenvalue weighted by Crippen LogP contribution is -2.22. The maximum Gasteiger partial charge on any atom is 0.303 e. The lowest BCUT2D eigenvalue weighted by atomic mass is 9.85. The molecule has 2 aromatic rings. The lowest BCUT2D eigenvalue weighted by molar-refractivity contribution is -0.139. The van der Waals surface area contributed by atoms with E-state index in [1.807, 2.05) is 26.0 Å². The summed E-state index contributed by atoms with van der Waals surface area (Å²) in [5.41, 5.74) is 1.52.